The zero-order valence-corrected chi connectivity index (χ0v) is 18.1. The molecule has 2 N–H and O–H groups in total. The quantitative estimate of drug-likeness (QED) is 0.354. The lowest BCUT2D eigenvalue weighted by Crippen LogP contribution is -2.44. The van der Waals surface area contributed by atoms with Crippen LogP contribution in [0.25, 0.3) is 10.9 Å². The molecule has 0 radical (unpaired) electrons. The van der Waals surface area contributed by atoms with E-state index in [9.17, 15) is 14.4 Å². The van der Waals surface area contributed by atoms with Crippen molar-refractivity contribution >= 4 is 29.1 Å². The largest absolute Gasteiger partial charge is 0.344 e. The Kier molecular flexibility index (Phi) is 5.96. The van der Waals surface area contributed by atoms with Crippen molar-refractivity contribution in [3.05, 3.63) is 70.9 Å². The molecule has 4 rings (SSSR count). The first-order valence-corrected chi connectivity index (χ1v) is 10.6. The van der Waals surface area contributed by atoms with Gasteiger partial charge in [0.15, 0.2) is 0 Å². The Hall–Kier alpha value is -3.65. The summed E-state index contributed by atoms with van der Waals surface area (Å²) in [5, 5.41) is 9.79. The van der Waals surface area contributed by atoms with Crippen molar-refractivity contribution < 1.29 is 19.6 Å². The summed E-state index contributed by atoms with van der Waals surface area (Å²) in [5.41, 5.74) is 5.92. The van der Waals surface area contributed by atoms with Gasteiger partial charge in [-0.25, -0.2) is 5.48 Å². The topological polar surface area (TPSA) is 94.9 Å². The first kappa shape index (κ1) is 21.6. The second-order valence-corrected chi connectivity index (χ2v) is 7.95. The summed E-state index contributed by atoms with van der Waals surface area (Å²) in [6, 6.07) is 14.3. The average Bonchev–Trinajstić information content (AvgIpc) is 3.16. The third kappa shape index (κ3) is 3.62. The van der Waals surface area contributed by atoms with Gasteiger partial charge in [0.2, 0.25) is 12.3 Å². The molecular weight excluding hydrogens is 408 g/mol. The fraction of sp³-hybridized carbons (Fsp3) is 0.292. The number of hydrogen-bond acceptors (Lipinski definition) is 4. The van der Waals surface area contributed by atoms with E-state index in [-0.39, 0.29) is 5.91 Å². The van der Waals surface area contributed by atoms with E-state index in [0.29, 0.717) is 31.6 Å². The smallest absolute Gasteiger partial charge is 0.274 e. The van der Waals surface area contributed by atoms with Crippen LogP contribution in [0.4, 0.5) is 0 Å². The summed E-state index contributed by atoms with van der Waals surface area (Å²) in [6.07, 6.45) is 1.42. The second-order valence-electron chi connectivity index (χ2n) is 7.95. The highest BCUT2D eigenvalue weighted by Gasteiger charge is 2.37. The first-order chi connectivity index (χ1) is 15.5. The molecule has 3 amide bonds. The Morgan fingerprint density at radius 2 is 1.91 bits per heavy atom. The Morgan fingerprint density at radius 3 is 2.56 bits per heavy atom. The molecule has 0 fully saturated rings. The maximum absolute atomic E-state index is 13.3. The van der Waals surface area contributed by atoms with E-state index >= 15 is 0 Å². The molecule has 1 unspecified atom stereocenters. The van der Waals surface area contributed by atoms with Gasteiger partial charge < -0.3 is 14.4 Å². The van der Waals surface area contributed by atoms with Gasteiger partial charge in [-0.15, -0.1) is 0 Å². The number of likely N-dealkylation sites (N-methyl/N-ethyl adjacent to an activating group) is 1. The number of fused-ring (bicyclic) bond motifs is 3. The van der Waals surface area contributed by atoms with Gasteiger partial charge in [0.1, 0.15) is 6.04 Å². The first-order valence-electron chi connectivity index (χ1n) is 10.6. The number of hydroxylamine groups is 1. The normalized spacial score (nSPS) is 15.3. The van der Waals surface area contributed by atoms with Crippen LogP contribution in [0.3, 0.4) is 0 Å². The molecule has 1 aliphatic rings. The van der Waals surface area contributed by atoms with Gasteiger partial charge in [0, 0.05) is 60.8 Å². The lowest BCUT2D eigenvalue weighted by Gasteiger charge is -2.35. The minimum Gasteiger partial charge on any atom is -0.344 e. The summed E-state index contributed by atoms with van der Waals surface area (Å²) in [5.74, 6) is -0.654. The van der Waals surface area contributed by atoms with Gasteiger partial charge in [-0.05, 0) is 30.7 Å². The number of carbonyl (C=O) groups excluding carboxylic acids is 3. The standard InChI is InChI=1S/C24H26N4O4/c1-3-26(2)24(31)22-21-18-6-4-5-7-19(18)28(20(21)12-13-27(22)15-29)14-16-8-10-17(11-9-16)23(30)25-32/h4-11,15,22,32H,3,12-14H2,1-2H3,(H,25,30). The number of benzene rings is 2. The van der Waals surface area contributed by atoms with Crippen LogP contribution in [0.5, 0.6) is 0 Å². The van der Waals surface area contributed by atoms with Crippen molar-refractivity contribution in [2.45, 2.75) is 25.9 Å². The molecule has 0 saturated carbocycles. The maximum atomic E-state index is 13.3. The minimum absolute atomic E-state index is 0.0946. The zero-order valence-electron chi connectivity index (χ0n) is 18.1. The number of hydrogen-bond donors (Lipinski definition) is 2. The molecule has 1 atom stereocenters. The van der Waals surface area contributed by atoms with E-state index in [1.165, 1.54) is 0 Å². The van der Waals surface area contributed by atoms with Crippen LogP contribution in [-0.2, 0) is 22.6 Å². The third-order valence-electron chi connectivity index (χ3n) is 6.21. The number of nitrogens with zero attached hydrogens (tertiary/aromatic N) is 3. The molecule has 8 nitrogen and oxygen atoms in total. The van der Waals surface area contributed by atoms with Crippen molar-refractivity contribution in [3.63, 3.8) is 0 Å². The summed E-state index contributed by atoms with van der Waals surface area (Å²) in [7, 11) is 1.75. The van der Waals surface area contributed by atoms with Gasteiger partial charge in [0.25, 0.3) is 5.91 Å². The molecule has 166 valence electrons. The molecule has 3 aromatic rings. The van der Waals surface area contributed by atoms with Crippen LogP contribution in [0.1, 0.15) is 40.1 Å². The molecule has 0 saturated heterocycles. The van der Waals surface area contributed by atoms with Crippen molar-refractivity contribution in [2.24, 2.45) is 0 Å². The predicted octanol–water partition coefficient (Wildman–Crippen LogP) is 2.34. The summed E-state index contributed by atoms with van der Waals surface area (Å²) in [6.45, 7) is 3.50. The Bertz CT molecular complexity index is 1170. The summed E-state index contributed by atoms with van der Waals surface area (Å²) >= 11 is 0. The van der Waals surface area contributed by atoms with Gasteiger partial charge in [-0.3, -0.25) is 19.6 Å². The van der Waals surface area contributed by atoms with E-state index in [2.05, 4.69) is 4.57 Å². The van der Waals surface area contributed by atoms with Gasteiger partial charge >= 0.3 is 0 Å². The number of nitrogens with one attached hydrogen (secondary N) is 1. The van der Waals surface area contributed by atoms with Gasteiger partial charge in [0.05, 0.1) is 0 Å². The minimum atomic E-state index is -0.650. The van der Waals surface area contributed by atoms with Crippen LogP contribution in [0.15, 0.2) is 48.5 Å². The summed E-state index contributed by atoms with van der Waals surface area (Å²) < 4.78 is 2.19. The molecule has 2 aromatic carbocycles. The highest BCUT2D eigenvalue weighted by Crippen LogP contribution is 2.38. The molecular formula is C24H26N4O4. The highest BCUT2D eigenvalue weighted by atomic mass is 16.5. The van der Waals surface area contributed by atoms with Crippen LogP contribution < -0.4 is 5.48 Å². The Labute approximate surface area is 186 Å². The third-order valence-corrected chi connectivity index (χ3v) is 6.21. The predicted molar refractivity (Wildman–Crippen MR) is 119 cm³/mol. The number of amides is 3. The van der Waals surface area contributed by atoms with E-state index in [1.807, 2.05) is 43.3 Å². The fourth-order valence-electron chi connectivity index (χ4n) is 4.42. The SMILES string of the molecule is CCN(C)C(=O)C1c2c(n(Cc3ccc(C(=O)NO)cc3)c3ccccc23)CCN1C=O. The molecule has 0 spiro atoms. The number of aromatic nitrogens is 1. The fourth-order valence-corrected chi connectivity index (χ4v) is 4.42. The van der Waals surface area contributed by atoms with Crippen LogP contribution in [0.2, 0.25) is 0 Å². The van der Waals surface area contributed by atoms with Crippen LogP contribution >= 0.6 is 0 Å². The Morgan fingerprint density at radius 1 is 1.19 bits per heavy atom. The van der Waals surface area contributed by atoms with Gasteiger partial charge in [-0.1, -0.05) is 30.3 Å². The molecule has 8 heteroatoms. The van der Waals surface area contributed by atoms with Crippen molar-refractivity contribution in [1.82, 2.24) is 19.8 Å². The molecule has 2 heterocycles. The number of carbonyl (C=O) groups is 3. The molecule has 0 aliphatic carbocycles. The van der Waals surface area contributed by atoms with Crippen molar-refractivity contribution in [3.8, 4) is 0 Å². The lowest BCUT2D eigenvalue weighted by atomic mass is 9.95. The molecule has 0 bridgehead atoms. The zero-order chi connectivity index (χ0) is 22.8. The molecule has 32 heavy (non-hydrogen) atoms. The van der Waals surface area contributed by atoms with E-state index in [1.54, 1.807) is 34.5 Å². The van der Waals surface area contributed by atoms with E-state index in [0.717, 1.165) is 34.1 Å². The number of para-hydroxylation sites is 1. The van der Waals surface area contributed by atoms with E-state index < -0.39 is 11.9 Å². The monoisotopic (exact) mass is 434 g/mol. The van der Waals surface area contributed by atoms with Gasteiger partial charge in [-0.2, -0.15) is 0 Å². The lowest BCUT2D eigenvalue weighted by molar-refractivity contribution is -0.140. The average molecular weight is 434 g/mol. The van der Waals surface area contributed by atoms with Crippen molar-refractivity contribution in [1.29, 1.82) is 0 Å². The molecule has 1 aromatic heterocycles. The number of rotatable bonds is 6. The van der Waals surface area contributed by atoms with Crippen LogP contribution in [-0.4, -0.2) is 57.9 Å². The highest BCUT2D eigenvalue weighted by molar-refractivity contribution is 5.95. The van der Waals surface area contributed by atoms with Crippen LogP contribution in [0, 0.1) is 0 Å². The summed E-state index contributed by atoms with van der Waals surface area (Å²) in [4.78, 5) is 40.0. The van der Waals surface area contributed by atoms with Crippen molar-refractivity contribution in [2.75, 3.05) is 20.1 Å². The Balaban J connectivity index is 1.82. The molecule has 1 aliphatic heterocycles. The second kappa shape index (κ2) is 8.84. The maximum Gasteiger partial charge on any atom is 0.274 e. The van der Waals surface area contributed by atoms with E-state index in [4.69, 9.17) is 5.21 Å².